The van der Waals surface area contributed by atoms with E-state index >= 15 is 0 Å². The van der Waals surface area contributed by atoms with Crippen LogP contribution in [0.5, 0.6) is 0 Å². The molecule has 17 heavy (non-hydrogen) atoms. The Hall–Kier alpha value is -0.860. The smallest absolute Gasteiger partial charge is 0.316 e. The highest BCUT2D eigenvalue weighted by molar-refractivity contribution is 5.99. The molecule has 0 amide bonds. The lowest BCUT2D eigenvalue weighted by Gasteiger charge is -2.21. The van der Waals surface area contributed by atoms with Crippen LogP contribution in [0.4, 0.5) is 0 Å². The predicted molar refractivity (Wildman–Crippen MR) is 68.7 cm³/mol. The van der Waals surface area contributed by atoms with E-state index in [2.05, 4.69) is 6.92 Å². The minimum atomic E-state index is -0.572. The van der Waals surface area contributed by atoms with Gasteiger partial charge in [-0.2, -0.15) is 0 Å². The molecule has 0 aliphatic heterocycles. The van der Waals surface area contributed by atoms with Gasteiger partial charge >= 0.3 is 5.97 Å². The van der Waals surface area contributed by atoms with E-state index < -0.39 is 5.92 Å². The molecule has 100 valence electrons. The fourth-order valence-electron chi connectivity index (χ4n) is 2.06. The number of Topliss-reactive ketones (excluding diaryl/α,β-unsaturated/α-hetero) is 1. The van der Waals surface area contributed by atoms with Crippen LogP contribution in [0.2, 0.25) is 0 Å². The van der Waals surface area contributed by atoms with Crippen LogP contribution >= 0.6 is 0 Å². The highest BCUT2D eigenvalue weighted by Crippen LogP contribution is 2.22. The van der Waals surface area contributed by atoms with Gasteiger partial charge in [0.25, 0.3) is 0 Å². The van der Waals surface area contributed by atoms with Gasteiger partial charge in [0.2, 0.25) is 0 Å². The fourth-order valence-corrected chi connectivity index (χ4v) is 2.06. The molecule has 0 saturated carbocycles. The molecule has 0 heterocycles. The highest BCUT2D eigenvalue weighted by Gasteiger charge is 2.32. The summed E-state index contributed by atoms with van der Waals surface area (Å²) in [6.07, 6.45) is 2.32. The monoisotopic (exact) mass is 242 g/mol. The maximum atomic E-state index is 12.1. The molecule has 0 radical (unpaired) electrons. The van der Waals surface area contributed by atoms with Gasteiger partial charge in [0.15, 0.2) is 0 Å². The predicted octanol–water partition coefficient (Wildman–Crippen LogP) is 3.22. The Bertz CT molecular complexity index is 246. The number of esters is 1. The molecule has 0 bridgehead atoms. The van der Waals surface area contributed by atoms with E-state index in [4.69, 9.17) is 4.74 Å². The van der Waals surface area contributed by atoms with Gasteiger partial charge in [0.1, 0.15) is 11.7 Å². The van der Waals surface area contributed by atoms with E-state index in [1.54, 1.807) is 6.92 Å². The zero-order chi connectivity index (χ0) is 13.4. The molecule has 0 aliphatic rings. The third-order valence-electron chi connectivity index (χ3n) is 2.81. The average Bonchev–Trinajstić information content (AvgIpc) is 2.17. The molecule has 3 nitrogen and oxygen atoms in total. The molecule has 2 unspecified atom stereocenters. The lowest BCUT2D eigenvalue weighted by Crippen LogP contribution is -2.32. The Morgan fingerprint density at radius 1 is 1.12 bits per heavy atom. The lowest BCUT2D eigenvalue weighted by atomic mass is 9.84. The largest absolute Gasteiger partial charge is 0.465 e. The second-order valence-electron chi connectivity index (χ2n) is 5.06. The van der Waals surface area contributed by atoms with E-state index in [1.807, 2.05) is 20.8 Å². The number of hydrogen-bond acceptors (Lipinski definition) is 3. The van der Waals surface area contributed by atoms with E-state index in [9.17, 15) is 9.59 Å². The molecule has 0 rings (SSSR count). The van der Waals surface area contributed by atoms with Gasteiger partial charge < -0.3 is 4.74 Å². The standard InChI is InChI=1S/C14H26O3/c1-6-8-11(5)13(14(16)17-7-2)12(15)9-10(3)4/h10-11,13H,6-9H2,1-5H3. The molecule has 0 fully saturated rings. The molecule has 2 atom stereocenters. The average molecular weight is 242 g/mol. The van der Waals surface area contributed by atoms with Crippen molar-refractivity contribution < 1.29 is 14.3 Å². The van der Waals surface area contributed by atoms with E-state index in [0.717, 1.165) is 12.8 Å². The van der Waals surface area contributed by atoms with Gasteiger partial charge in [0, 0.05) is 6.42 Å². The van der Waals surface area contributed by atoms with Crippen LogP contribution in [-0.2, 0) is 14.3 Å². The molecule has 0 aromatic rings. The van der Waals surface area contributed by atoms with Crippen molar-refractivity contribution in [3.8, 4) is 0 Å². The quantitative estimate of drug-likeness (QED) is 0.485. The van der Waals surface area contributed by atoms with E-state index in [-0.39, 0.29) is 23.6 Å². The number of carbonyl (C=O) groups is 2. The van der Waals surface area contributed by atoms with Crippen LogP contribution in [0.1, 0.15) is 53.9 Å². The van der Waals surface area contributed by atoms with Gasteiger partial charge in [-0.3, -0.25) is 9.59 Å². The molecule has 0 N–H and O–H groups in total. The van der Waals surface area contributed by atoms with E-state index in [1.165, 1.54) is 0 Å². The van der Waals surface area contributed by atoms with E-state index in [0.29, 0.717) is 13.0 Å². The first kappa shape index (κ1) is 16.1. The summed E-state index contributed by atoms with van der Waals surface area (Å²) in [6.45, 7) is 10.1. The minimum absolute atomic E-state index is 0.0272. The Balaban J connectivity index is 4.70. The molecular weight excluding hydrogens is 216 g/mol. The normalized spacial score (nSPS) is 14.5. The minimum Gasteiger partial charge on any atom is -0.465 e. The van der Waals surface area contributed by atoms with Crippen LogP contribution in [0.25, 0.3) is 0 Å². The zero-order valence-corrected chi connectivity index (χ0v) is 11.8. The number of ether oxygens (including phenoxy) is 1. The first-order valence-corrected chi connectivity index (χ1v) is 6.63. The van der Waals surface area contributed by atoms with Crippen molar-refractivity contribution in [2.75, 3.05) is 6.61 Å². The first-order valence-electron chi connectivity index (χ1n) is 6.63. The van der Waals surface area contributed by atoms with Gasteiger partial charge in [-0.05, 0) is 25.2 Å². The summed E-state index contributed by atoms with van der Waals surface area (Å²) in [5, 5.41) is 0. The molecule has 0 saturated heterocycles. The molecule has 0 aliphatic carbocycles. The molecule has 0 aromatic carbocycles. The summed E-state index contributed by atoms with van der Waals surface area (Å²) in [4.78, 5) is 23.9. The Kier molecular flexibility index (Phi) is 7.85. The molecule has 0 aromatic heterocycles. The third-order valence-corrected chi connectivity index (χ3v) is 2.81. The fraction of sp³-hybridized carbons (Fsp3) is 0.857. The summed E-state index contributed by atoms with van der Waals surface area (Å²) in [7, 11) is 0. The Morgan fingerprint density at radius 2 is 1.71 bits per heavy atom. The van der Waals surface area contributed by atoms with Crippen LogP contribution < -0.4 is 0 Å². The number of ketones is 1. The second-order valence-corrected chi connectivity index (χ2v) is 5.06. The summed E-state index contributed by atoms with van der Waals surface area (Å²) in [6, 6.07) is 0. The molecule has 3 heteroatoms. The van der Waals surface area contributed by atoms with Crippen molar-refractivity contribution in [2.45, 2.75) is 53.9 Å². The topological polar surface area (TPSA) is 43.4 Å². The Morgan fingerprint density at radius 3 is 2.12 bits per heavy atom. The highest BCUT2D eigenvalue weighted by atomic mass is 16.5. The second kappa shape index (κ2) is 8.26. The van der Waals surface area contributed by atoms with Crippen LogP contribution in [0.15, 0.2) is 0 Å². The first-order chi connectivity index (χ1) is 7.93. The maximum absolute atomic E-state index is 12.1. The maximum Gasteiger partial charge on any atom is 0.316 e. The number of rotatable bonds is 8. The van der Waals surface area contributed by atoms with Gasteiger partial charge in [-0.15, -0.1) is 0 Å². The van der Waals surface area contributed by atoms with Crippen molar-refractivity contribution in [3.63, 3.8) is 0 Å². The summed E-state index contributed by atoms with van der Waals surface area (Å²) in [5.74, 6) is -0.533. The van der Waals surface area contributed by atoms with Crippen molar-refractivity contribution in [3.05, 3.63) is 0 Å². The number of carbonyl (C=O) groups excluding carboxylic acids is 2. The SMILES string of the molecule is CCCC(C)C(C(=O)CC(C)C)C(=O)OCC. The van der Waals surface area contributed by atoms with Crippen LogP contribution in [0.3, 0.4) is 0 Å². The Labute approximate surface area is 105 Å². The number of hydrogen-bond donors (Lipinski definition) is 0. The van der Waals surface area contributed by atoms with Gasteiger partial charge in [0.05, 0.1) is 6.61 Å². The van der Waals surface area contributed by atoms with Crippen molar-refractivity contribution in [1.29, 1.82) is 0 Å². The van der Waals surface area contributed by atoms with Crippen molar-refractivity contribution >= 4 is 11.8 Å². The van der Waals surface area contributed by atoms with Gasteiger partial charge in [-0.25, -0.2) is 0 Å². The summed E-state index contributed by atoms with van der Waals surface area (Å²) < 4.78 is 5.01. The van der Waals surface area contributed by atoms with Crippen molar-refractivity contribution in [1.82, 2.24) is 0 Å². The van der Waals surface area contributed by atoms with Gasteiger partial charge in [-0.1, -0.05) is 34.1 Å². The lowest BCUT2D eigenvalue weighted by molar-refractivity contribution is -0.154. The van der Waals surface area contributed by atoms with Crippen LogP contribution in [0, 0.1) is 17.8 Å². The zero-order valence-electron chi connectivity index (χ0n) is 11.8. The van der Waals surface area contributed by atoms with Crippen molar-refractivity contribution in [2.24, 2.45) is 17.8 Å². The third kappa shape index (κ3) is 5.85. The summed E-state index contributed by atoms with van der Waals surface area (Å²) in [5.41, 5.74) is 0. The molecule has 0 spiro atoms. The van der Waals surface area contributed by atoms with Crippen LogP contribution in [-0.4, -0.2) is 18.4 Å². The molecular formula is C14H26O3. The summed E-state index contributed by atoms with van der Waals surface area (Å²) >= 11 is 0.